The van der Waals surface area contributed by atoms with E-state index in [2.05, 4.69) is 17.1 Å². The van der Waals surface area contributed by atoms with Crippen molar-refractivity contribution < 1.29 is 9.53 Å². The predicted octanol–water partition coefficient (Wildman–Crippen LogP) is 3.02. The highest BCUT2D eigenvalue weighted by Crippen LogP contribution is 2.24. The number of anilines is 1. The molecule has 0 aliphatic carbocycles. The molecule has 116 valence electrons. The van der Waals surface area contributed by atoms with Gasteiger partial charge in [0.2, 0.25) is 5.88 Å². The summed E-state index contributed by atoms with van der Waals surface area (Å²) in [5, 5.41) is 0. The summed E-state index contributed by atoms with van der Waals surface area (Å²) in [5.74, 6) is 0.235. The van der Waals surface area contributed by atoms with Crippen LogP contribution in [0.4, 0.5) is 10.5 Å². The molecule has 2 rings (SSSR count). The molecule has 0 spiro atoms. The minimum Gasteiger partial charge on any atom is -0.398 e. The summed E-state index contributed by atoms with van der Waals surface area (Å²) in [6.07, 6.45) is 3.80. The maximum atomic E-state index is 10.7. The van der Waals surface area contributed by atoms with Crippen LogP contribution in [0.15, 0.2) is 41.3 Å². The van der Waals surface area contributed by atoms with Crippen molar-refractivity contribution in [3.63, 3.8) is 0 Å². The van der Waals surface area contributed by atoms with E-state index in [0.29, 0.717) is 0 Å². The standard InChI is InChI=1S/C16H19N3O2S/c1-22-14-9-8-11(10-13(14)17)4-2-5-12-6-3-7-15(19-12)21-16(18)20/h3,6-10H,2,4-5,17H2,1H3,(H2,18,20). The Balaban J connectivity index is 1.91. The van der Waals surface area contributed by atoms with Gasteiger partial charge in [-0.05, 0) is 49.3 Å². The summed E-state index contributed by atoms with van der Waals surface area (Å²) >= 11 is 1.64. The number of pyridine rings is 1. The minimum absolute atomic E-state index is 0.235. The van der Waals surface area contributed by atoms with E-state index in [1.165, 1.54) is 5.56 Å². The summed E-state index contributed by atoms with van der Waals surface area (Å²) in [6.45, 7) is 0. The molecule has 0 fully saturated rings. The van der Waals surface area contributed by atoms with E-state index < -0.39 is 6.09 Å². The van der Waals surface area contributed by atoms with Crippen LogP contribution in [0, 0.1) is 0 Å². The first-order chi connectivity index (χ1) is 10.6. The van der Waals surface area contributed by atoms with E-state index in [1.54, 1.807) is 23.9 Å². The average Bonchev–Trinajstić information content (AvgIpc) is 2.47. The molecule has 0 saturated carbocycles. The van der Waals surface area contributed by atoms with Crippen molar-refractivity contribution >= 4 is 23.5 Å². The molecular formula is C16H19N3O2S. The first-order valence-electron chi connectivity index (χ1n) is 6.94. The van der Waals surface area contributed by atoms with E-state index in [-0.39, 0.29) is 5.88 Å². The number of rotatable bonds is 6. The average molecular weight is 317 g/mol. The summed E-state index contributed by atoms with van der Waals surface area (Å²) in [5.41, 5.74) is 13.9. The Kier molecular flexibility index (Phi) is 5.66. The molecule has 0 aliphatic heterocycles. The molecule has 22 heavy (non-hydrogen) atoms. The lowest BCUT2D eigenvalue weighted by Gasteiger charge is -2.07. The number of benzene rings is 1. The summed E-state index contributed by atoms with van der Waals surface area (Å²) in [4.78, 5) is 16.0. The van der Waals surface area contributed by atoms with Gasteiger partial charge in [-0.2, -0.15) is 0 Å². The molecule has 1 amide bonds. The SMILES string of the molecule is CSc1ccc(CCCc2cccc(OC(N)=O)n2)cc1N. The number of carbonyl (C=O) groups is 1. The van der Waals surface area contributed by atoms with Crippen molar-refractivity contribution in [2.75, 3.05) is 12.0 Å². The number of amides is 1. The van der Waals surface area contributed by atoms with Crippen molar-refractivity contribution in [1.29, 1.82) is 0 Å². The lowest BCUT2D eigenvalue weighted by Crippen LogP contribution is -2.17. The number of thioether (sulfide) groups is 1. The second-order valence-corrected chi connectivity index (χ2v) is 5.67. The van der Waals surface area contributed by atoms with Crippen LogP contribution in [0.5, 0.6) is 5.88 Å². The van der Waals surface area contributed by atoms with Crippen LogP contribution in [-0.4, -0.2) is 17.3 Å². The van der Waals surface area contributed by atoms with Crippen LogP contribution in [0.25, 0.3) is 0 Å². The Morgan fingerprint density at radius 3 is 2.77 bits per heavy atom. The number of aryl methyl sites for hydroxylation is 2. The normalized spacial score (nSPS) is 10.4. The quantitative estimate of drug-likeness (QED) is 0.631. The molecule has 0 bridgehead atoms. The minimum atomic E-state index is -0.853. The number of hydrogen-bond donors (Lipinski definition) is 2. The summed E-state index contributed by atoms with van der Waals surface area (Å²) in [7, 11) is 0. The number of nitrogens with two attached hydrogens (primary N) is 2. The Bertz CT molecular complexity index is 662. The fourth-order valence-electron chi connectivity index (χ4n) is 2.17. The van der Waals surface area contributed by atoms with Crippen LogP contribution < -0.4 is 16.2 Å². The lowest BCUT2D eigenvalue weighted by atomic mass is 10.1. The zero-order valence-corrected chi connectivity index (χ0v) is 13.2. The largest absolute Gasteiger partial charge is 0.411 e. The van der Waals surface area contributed by atoms with Crippen molar-refractivity contribution in [2.45, 2.75) is 24.2 Å². The zero-order valence-electron chi connectivity index (χ0n) is 12.4. The second-order valence-electron chi connectivity index (χ2n) is 4.82. The molecular weight excluding hydrogens is 298 g/mol. The number of ether oxygens (including phenoxy) is 1. The van der Waals surface area contributed by atoms with Gasteiger partial charge in [0, 0.05) is 22.3 Å². The van der Waals surface area contributed by atoms with Crippen LogP contribution >= 0.6 is 11.8 Å². The fourth-order valence-corrected chi connectivity index (χ4v) is 2.67. The van der Waals surface area contributed by atoms with Crippen LogP contribution in [0.3, 0.4) is 0 Å². The van der Waals surface area contributed by atoms with Gasteiger partial charge in [0.25, 0.3) is 0 Å². The van der Waals surface area contributed by atoms with Gasteiger partial charge in [0.05, 0.1) is 0 Å². The van der Waals surface area contributed by atoms with E-state index in [0.717, 1.165) is 35.5 Å². The van der Waals surface area contributed by atoms with Crippen molar-refractivity contribution in [3.8, 4) is 5.88 Å². The molecule has 1 aromatic heterocycles. The molecule has 0 atom stereocenters. The van der Waals surface area contributed by atoms with Gasteiger partial charge in [-0.3, -0.25) is 0 Å². The van der Waals surface area contributed by atoms with Crippen LogP contribution in [0.2, 0.25) is 0 Å². The third-order valence-corrected chi connectivity index (χ3v) is 3.99. The fraction of sp³-hybridized carbons (Fsp3) is 0.250. The Morgan fingerprint density at radius 2 is 2.09 bits per heavy atom. The van der Waals surface area contributed by atoms with E-state index >= 15 is 0 Å². The lowest BCUT2D eigenvalue weighted by molar-refractivity contribution is 0.209. The van der Waals surface area contributed by atoms with E-state index in [9.17, 15) is 4.79 Å². The predicted molar refractivity (Wildman–Crippen MR) is 89.1 cm³/mol. The number of nitrogen functional groups attached to an aromatic ring is 1. The van der Waals surface area contributed by atoms with Gasteiger partial charge in [0.1, 0.15) is 0 Å². The molecule has 1 aromatic carbocycles. The number of primary amides is 1. The molecule has 6 heteroatoms. The number of nitrogens with zero attached hydrogens (tertiary/aromatic N) is 1. The molecule has 0 unspecified atom stereocenters. The van der Waals surface area contributed by atoms with Crippen molar-refractivity contribution in [3.05, 3.63) is 47.7 Å². The first kappa shape index (κ1) is 16.2. The van der Waals surface area contributed by atoms with Crippen molar-refractivity contribution in [2.24, 2.45) is 5.73 Å². The number of hydrogen-bond acceptors (Lipinski definition) is 5. The van der Waals surface area contributed by atoms with Gasteiger partial charge < -0.3 is 16.2 Å². The summed E-state index contributed by atoms with van der Waals surface area (Å²) in [6, 6.07) is 11.5. The van der Waals surface area contributed by atoms with Gasteiger partial charge in [-0.1, -0.05) is 12.1 Å². The Morgan fingerprint density at radius 1 is 1.27 bits per heavy atom. The molecule has 0 aliphatic rings. The van der Waals surface area contributed by atoms with Gasteiger partial charge in [0.15, 0.2) is 0 Å². The maximum Gasteiger partial charge on any atom is 0.411 e. The van der Waals surface area contributed by atoms with Gasteiger partial charge >= 0.3 is 6.09 Å². The molecule has 4 N–H and O–H groups in total. The number of aromatic nitrogens is 1. The first-order valence-corrected chi connectivity index (χ1v) is 8.16. The molecule has 1 heterocycles. The Labute approximate surface area is 134 Å². The third kappa shape index (κ3) is 4.66. The van der Waals surface area contributed by atoms with Gasteiger partial charge in [-0.15, -0.1) is 11.8 Å². The van der Waals surface area contributed by atoms with Crippen LogP contribution in [-0.2, 0) is 12.8 Å². The highest BCUT2D eigenvalue weighted by molar-refractivity contribution is 7.98. The van der Waals surface area contributed by atoms with Crippen LogP contribution in [0.1, 0.15) is 17.7 Å². The number of carbonyl (C=O) groups excluding carboxylic acids is 1. The highest BCUT2D eigenvalue weighted by Gasteiger charge is 2.04. The molecule has 5 nitrogen and oxygen atoms in total. The van der Waals surface area contributed by atoms with E-state index in [1.807, 2.05) is 18.4 Å². The highest BCUT2D eigenvalue weighted by atomic mass is 32.2. The smallest absolute Gasteiger partial charge is 0.398 e. The van der Waals surface area contributed by atoms with Gasteiger partial charge in [-0.25, -0.2) is 9.78 Å². The molecule has 0 radical (unpaired) electrons. The third-order valence-electron chi connectivity index (χ3n) is 3.18. The molecule has 0 saturated heterocycles. The Hall–Kier alpha value is -2.21. The van der Waals surface area contributed by atoms with Crippen molar-refractivity contribution in [1.82, 2.24) is 4.98 Å². The monoisotopic (exact) mass is 317 g/mol. The summed E-state index contributed by atoms with van der Waals surface area (Å²) < 4.78 is 4.77. The topological polar surface area (TPSA) is 91.2 Å². The molecule has 2 aromatic rings. The van der Waals surface area contributed by atoms with E-state index in [4.69, 9.17) is 16.2 Å². The second kappa shape index (κ2) is 7.70. The zero-order chi connectivity index (χ0) is 15.9. The maximum absolute atomic E-state index is 10.7.